The van der Waals surface area contributed by atoms with Crippen molar-refractivity contribution in [2.45, 2.75) is 38.7 Å². The van der Waals surface area contributed by atoms with Crippen LogP contribution in [0, 0.1) is 12.8 Å². The molecule has 4 rings (SSSR count). The van der Waals surface area contributed by atoms with Gasteiger partial charge >= 0.3 is 0 Å². The minimum atomic E-state index is -3.02. The highest BCUT2D eigenvalue weighted by Crippen LogP contribution is 2.37. The summed E-state index contributed by atoms with van der Waals surface area (Å²) in [4.78, 5) is 9.19. The number of likely N-dealkylation sites (N-methyl/N-ethyl adjacent to an activating group) is 1. The lowest BCUT2D eigenvalue weighted by molar-refractivity contribution is 0.0173. The summed E-state index contributed by atoms with van der Waals surface area (Å²) in [5.41, 5.74) is 1.13. The van der Waals surface area contributed by atoms with Gasteiger partial charge in [-0.15, -0.1) is 10.2 Å². The average molecular weight is 389 g/mol. The van der Waals surface area contributed by atoms with Crippen LogP contribution in [0.2, 0.25) is 0 Å². The molecule has 0 aliphatic carbocycles. The number of hydrogen-bond acceptors (Lipinski definition) is 6. The van der Waals surface area contributed by atoms with Crippen LogP contribution < -0.4 is 4.90 Å². The predicted octanol–water partition coefficient (Wildman–Crippen LogP) is 3.19. The first-order chi connectivity index (χ1) is 13.2. The van der Waals surface area contributed by atoms with Gasteiger partial charge in [0.1, 0.15) is 11.4 Å². The highest BCUT2D eigenvalue weighted by Gasteiger charge is 2.39. The molecule has 2 aliphatic rings. The third kappa shape index (κ3) is 3.41. The van der Waals surface area contributed by atoms with Crippen LogP contribution in [0.1, 0.15) is 31.0 Å². The number of phenolic OH excluding ortho intramolecular Hbond substituents is 1. The van der Waals surface area contributed by atoms with Crippen molar-refractivity contribution in [3.63, 3.8) is 0 Å². The molecule has 0 bridgehead atoms. The molecule has 3 heterocycles. The maximum absolute atomic E-state index is 13.5. The van der Waals surface area contributed by atoms with Crippen LogP contribution in [0.5, 0.6) is 5.75 Å². The normalized spacial score (nSPS) is 23.1. The zero-order chi connectivity index (χ0) is 20.1. The number of aryl methyl sites for hydroxylation is 1. The molecule has 1 N–H and O–H groups in total. The number of aromatic hydroxyl groups is 1. The Balaban J connectivity index is 1.62. The van der Waals surface area contributed by atoms with Crippen molar-refractivity contribution >= 4 is 5.95 Å². The number of piperidine rings is 1. The number of benzene rings is 1. The lowest BCUT2D eigenvalue weighted by atomic mass is 9.92. The molecule has 1 aromatic carbocycles. The van der Waals surface area contributed by atoms with E-state index in [-0.39, 0.29) is 11.3 Å². The number of rotatable bonds is 3. The molecule has 0 amide bonds. The van der Waals surface area contributed by atoms with Gasteiger partial charge in [-0.25, -0.2) is 13.8 Å². The van der Waals surface area contributed by atoms with Gasteiger partial charge in [-0.1, -0.05) is 6.07 Å². The second kappa shape index (κ2) is 6.92. The smallest absolute Gasteiger partial charge is 0.270 e. The summed E-state index contributed by atoms with van der Waals surface area (Å²) in [5, 5.41) is 18.9. The van der Waals surface area contributed by atoms with Crippen molar-refractivity contribution in [2.24, 2.45) is 5.92 Å². The summed E-state index contributed by atoms with van der Waals surface area (Å²) in [6.07, 6.45) is 2.32. The largest absolute Gasteiger partial charge is 0.507 e. The van der Waals surface area contributed by atoms with Gasteiger partial charge in [0.2, 0.25) is 5.95 Å². The summed E-state index contributed by atoms with van der Waals surface area (Å²) in [6, 6.07) is 4.22. The first-order valence-corrected chi connectivity index (χ1v) is 9.62. The van der Waals surface area contributed by atoms with Crippen LogP contribution in [0.3, 0.4) is 0 Å². The fraction of sp³-hybridized carbons (Fsp3) is 0.550. The quantitative estimate of drug-likeness (QED) is 0.870. The van der Waals surface area contributed by atoms with E-state index in [4.69, 9.17) is 0 Å². The molecule has 2 aromatic rings. The van der Waals surface area contributed by atoms with Gasteiger partial charge in [-0.05, 0) is 51.4 Å². The Kier molecular flexibility index (Phi) is 4.69. The molecule has 0 saturated carbocycles. The average Bonchev–Trinajstić information content (AvgIpc) is 3.04. The lowest BCUT2D eigenvalue weighted by Crippen LogP contribution is -2.47. The van der Waals surface area contributed by atoms with Crippen LogP contribution in [0.4, 0.5) is 14.7 Å². The van der Waals surface area contributed by atoms with Gasteiger partial charge in [-0.2, -0.15) is 0 Å². The maximum Gasteiger partial charge on any atom is 0.270 e. The summed E-state index contributed by atoms with van der Waals surface area (Å²) >= 11 is 0. The Hall–Kier alpha value is -2.35. The molecule has 150 valence electrons. The van der Waals surface area contributed by atoms with Gasteiger partial charge < -0.3 is 14.9 Å². The highest BCUT2D eigenvalue weighted by molar-refractivity contribution is 5.69. The Morgan fingerprint density at radius 1 is 1.18 bits per heavy atom. The molecular formula is C20H25F2N5O. The first-order valence-electron chi connectivity index (χ1n) is 9.62. The third-order valence-electron chi connectivity index (χ3n) is 5.93. The number of alkyl halides is 2. The van der Waals surface area contributed by atoms with E-state index in [9.17, 15) is 13.9 Å². The van der Waals surface area contributed by atoms with Crippen molar-refractivity contribution in [2.75, 3.05) is 31.6 Å². The fourth-order valence-electron chi connectivity index (χ4n) is 4.31. The zero-order valence-electron chi connectivity index (χ0n) is 16.4. The minimum absolute atomic E-state index is 0.242. The van der Waals surface area contributed by atoms with Gasteiger partial charge in [-0.3, -0.25) is 0 Å². The van der Waals surface area contributed by atoms with E-state index in [0.29, 0.717) is 34.9 Å². The van der Waals surface area contributed by atoms with Gasteiger partial charge in [0.05, 0.1) is 5.69 Å². The van der Waals surface area contributed by atoms with Crippen LogP contribution in [0.25, 0.3) is 11.3 Å². The standard InChI is InChI=1S/C20H25F2N5O/c1-12-18(15-5-4-14(10-17(15)28)20(2,21)22)24-25-19(23-12)27-9-7-13-6-8-26(3)11-16(13)27/h4-5,10,13,16,28H,6-9,11H2,1-3H3/t13-,16-/m0/s1. The number of phenols is 1. The maximum atomic E-state index is 13.5. The number of hydrogen-bond donors (Lipinski definition) is 1. The van der Waals surface area contributed by atoms with Crippen molar-refractivity contribution in [3.05, 3.63) is 29.5 Å². The van der Waals surface area contributed by atoms with E-state index in [1.54, 1.807) is 6.92 Å². The molecule has 2 aliphatic heterocycles. The monoisotopic (exact) mass is 389 g/mol. The summed E-state index contributed by atoms with van der Waals surface area (Å²) in [6.45, 7) is 5.63. The number of halogens is 2. The number of fused-ring (bicyclic) bond motifs is 1. The molecule has 28 heavy (non-hydrogen) atoms. The van der Waals surface area contributed by atoms with E-state index in [0.717, 1.165) is 39.0 Å². The molecule has 6 nitrogen and oxygen atoms in total. The number of aromatic nitrogens is 3. The third-order valence-corrected chi connectivity index (χ3v) is 5.93. The van der Waals surface area contributed by atoms with Gasteiger partial charge in [0.25, 0.3) is 5.92 Å². The second-order valence-electron chi connectivity index (χ2n) is 8.03. The molecule has 2 saturated heterocycles. The molecular weight excluding hydrogens is 364 g/mol. The molecule has 2 atom stereocenters. The molecule has 1 aromatic heterocycles. The Labute approximate surface area is 163 Å². The zero-order valence-corrected chi connectivity index (χ0v) is 16.4. The number of nitrogens with zero attached hydrogens (tertiary/aromatic N) is 5. The summed E-state index contributed by atoms with van der Waals surface area (Å²) < 4.78 is 27.0. The Bertz CT molecular complexity index is 885. The van der Waals surface area contributed by atoms with Crippen LogP contribution in [-0.2, 0) is 5.92 Å². The molecule has 0 unspecified atom stereocenters. The van der Waals surface area contributed by atoms with Crippen molar-refractivity contribution in [1.29, 1.82) is 0 Å². The summed E-state index contributed by atoms with van der Waals surface area (Å²) in [7, 11) is 2.13. The molecule has 2 fully saturated rings. The van der Waals surface area contributed by atoms with Gasteiger partial charge in [0, 0.05) is 37.2 Å². The van der Waals surface area contributed by atoms with Crippen molar-refractivity contribution in [1.82, 2.24) is 20.1 Å². The molecule has 0 spiro atoms. The van der Waals surface area contributed by atoms with Crippen molar-refractivity contribution < 1.29 is 13.9 Å². The Morgan fingerprint density at radius 2 is 1.93 bits per heavy atom. The van der Waals surface area contributed by atoms with Crippen molar-refractivity contribution in [3.8, 4) is 17.0 Å². The van der Waals surface area contributed by atoms with Gasteiger partial charge in [0.15, 0.2) is 0 Å². The fourth-order valence-corrected chi connectivity index (χ4v) is 4.31. The Morgan fingerprint density at radius 3 is 2.61 bits per heavy atom. The predicted molar refractivity (Wildman–Crippen MR) is 103 cm³/mol. The molecule has 0 radical (unpaired) electrons. The van der Waals surface area contributed by atoms with Crippen LogP contribution in [-0.4, -0.2) is 57.9 Å². The van der Waals surface area contributed by atoms with E-state index in [1.165, 1.54) is 18.6 Å². The SMILES string of the molecule is Cc1nc(N2CC[C@@H]3CCN(C)C[C@@H]32)nnc1-c1ccc(C(C)(F)F)cc1O. The highest BCUT2D eigenvalue weighted by atomic mass is 19.3. The van der Waals surface area contributed by atoms with E-state index in [2.05, 4.69) is 32.0 Å². The first kappa shape index (κ1) is 19.0. The number of likely N-dealkylation sites (tertiary alicyclic amines) is 1. The molecule has 8 heteroatoms. The van der Waals surface area contributed by atoms with Crippen LogP contribution in [0.15, 0.2) is 18.2 Å². The van der Waals surface area contributed by atoms with E-state index >= 15 is 0 Å². The van der Waals surface area contributed by atoms with E-state index < -0.39 is 5.92 Å². The number of anilines is 1. The second-order valence-corrected chi connectivity index (χ2v) is 8.03. The minimum Gasteiger partial charge on any atom is -0.507 e. The topological polar surface area (TPSA) is 65.4 Å². The van der Waals surface area contributed by atoms with E-state index in [1.807, 2.05) is 0 Å². The van der Waals surface area contributed by atoms with Crippen LogP contribution >= 0.6 is 0 Å². The lowest BCUT2D eigenvalue weighted by Gasteiger charge is -2.36. The summed E-state index contributed by atoms with van der Waals surface area (Å²) in [5.74, 6) is -2.01.